The maximum atomic E-state index is 10.2. The van der Waals surface area contributed by atoms with Crippen molar-refractivity contribution in [2.45, 2.75) is 58.6 Å². The summed E-state index contributed by atoms with van der Waals surface area (Å²) in [5.41, 5.74) is 4.23. The number of aliphatic hydroxyl groups is 1. The van der Waals surface area contributed by atoms with Gasteiger partial charge in [0.2, 0.25) is 0 Å². The molecule has 0 bridgehead atoms. The number of hydrogen-bond acceptors (Lipinski definition) is 2. The topological polar surface area (TPSA) is 23.5 Å². The number of aryl methyl sites for hydroxylation is 1. The van der Waals surface area contributed by atoms with E-state index in [0.29, 0.717) is 0 Å². The van der Waals surface area contributed by atoms with Crippen LogP contribution in [0, 0.1) is 0 Å². The van der Waals surface area contributed by atoms with Crippen molar-refractivity contribution in [2.75, 3.05) is 11.4 Å². The average Bonchev–Trinajstić information content (AvgIpc) is 2.43. The van der Waals surface area contributed by atoms with E-state index in [2.05, 4.69) is 30.0 Å². The van der Waals surface area contributed by atoms with E-state index in [0.717, 1.165) is 19.4 Å². The highest BCUT2D eigenvalue weighted by Crippen LogP contribution is 2.31. The molecule has 1 atom stereocenters. The first-order valence-corrected chi connectivity index (χ1v) is 7.33. The van der Waals surface area contributed by atoms with Crippen molar-refractivity contribution in [3.8, 4) is 0 Å². The van der Waals surface area contributed by atoms with Crippen molar-refractivity contribution in [2.24, 2.45) is 0 Å². The van der Waals surface area contributed by atoms with Crippen LogP contribution in [-0.2, 0) is 12.8 Å². The van der Waals surface area contributed by atoms with Crippen molar-refractivity contribution < 1.29 is 5.11 Å². The Labute approximate surface area is 127 Å². The Kier molecular flexibility index (Phi) is 6.87. The van der Waals surface area contributed by atoms with Crippen LogP contribution in [0.25, 0.3) is 0 Å². The molecule has 0 amide bonds. The highest BCUT2D eigenvalue weighted by atomic mass is 79.9. The van der Waals surface area contributed by atoms with E-state index < -0.39 is 0 Å². The lowest BCUT2D eigenvalue weighted by Crippen LogP contribution is -2.36. The van der Waals surface area contributed by atoms with Crippen molar-refractivity contribution in [1.29, 1.82) is 0 Å². The third-order valence-electron chi connectivity index (χ3n) is 3.87. The number of anilines is 1. The smallest absolute Gasteiger partial charge is 0.126 e. The number of halogens is 1. The molecule has 0 heterocycles. The second-order valence-corrected chi connectivity index (χ2v) is 5.20. The summed E-state index contributed by atoms with van der Waals surface area (Å²) in [6.07, 6.45) is 6.46. The monoisotopic (exact) mass is 327 g/mol. The molecule has 3 heteroatoms. The molecule has 1 aliphatic carbocycles. The quantitative estimate of drug-likeness (QED) is 0.823. The third kappa shape index (κ3) is 3.73. The van der Waals surface area contributed by atoms with Crippen LogP contribution in [0.4, 0.5) is 5.69 Å². The van der Waals surface area contributed by atoms with Gasteiger partial charge in [0.15, 0.2) is 0 Å². The summed E-state index contributed by atoms with van der Waals surface area (Å²) in [4.78, 5) is 2.18. The summed E-state index contributed by atoms with van der Waals surface area (Å²) in [5.74, 6) is 0. The minimum absolute atomic E-state index is 0. The van der Waals surface area contributed by atoms with Gasteiger partial charge in [-0.15, -0.1) is 17.0 Å². The Balaban J connectivity index is 0.00000180. The van der Waals surface area contributed by atoms with Gasteiger partial charge < -0.3 is 10.0 Å². The second-order valence-electron chi connectivity index (χ2n) is 5.20. The molecule has 0 aliphatic heterocycles. The molecule has 1 aliphatic rings. The van der Waals surface area contributed by atoms with Gasteiger partial charge in [0.25, 0.3) is 0 Å². The van der Waals surface area contributed by atoms with E-state index in [1.54, 1.807) is 0 Å². The van der Waals surface area contributed by atoms with Crippen LogP contribution in [0.2, 0.25) is 0 Å². The largest absolute Gasteiger partial charge is 0.374 e. The fraction of sp³-hybridized carbons (Fsp3) is 0.625. The zero-order chi connectivity index (χ0) is 13.0. The number of aliphatic hydroxyl groups excluding tert-OH is 1. The van der Waals surface area contributed by atoms with Crippen LogP contribution in [0.5, 0.6) is 0 Å². The van der Waals surface area contributed by atoms with Crippen molar-refractivity contribution in [1.82, 2.24) is 0 Å². The molecule has 1 aromatic carbocycles. The van der Waals surface area contributed by atoms with Crippen LogP contribution in [-0.4, -0.2) is 17.9 Å². The lowest BCUT2D eigenvalue weighted by Gasteiger charge is -2.33. The maximum absolute atomic E-state index is 10.2. The summed E-state index contributed by atoms with van der Waals surface area (Å²) in [6, 6.07) is 6.57. The Morgan fingerprint density at radius 3 is 2.63 bits per heavy atom. The summed E-state index contributed by atoms with van der Waals surface area (Å²) < 4.78 is 0. The minimum atomic E-state index is -0.349. The van der Waals surface area contributed by atoms with Gasteiger partial charge in [0.05, 0.1) is 0 Å². The summed E-state index contributed by atoms with van der Waals surface area (Å²) in [7, 11) is 0. The van der Waals surface area contributed by atoms with Crippen molar-refractivity contribution >= 4 is 22.7 Å². The van der Waals surface area contributed by atoms with E-state index in [1.807, 2.05) is 6.92 Å². The zero-order valence-electron chi connectivity index (χ0n) is 12.1. The van der Waals surface area contributed by atoms with Crippen LogP contribution >= 0.6 is 17.0 Å². The zero-order valence-corrected chi connectivity index (χ0v) is 13.8. The molecule has 0 unspecified atom stereocenters. The standard InChI is InChI=1S/C16H25NO.BrH/c1-3-12-17(16(18)4-2)15-11-7-9-13-8-5-6-10-14(13)15;/h7,9,11,16,18H,3-6,8,10,12H2,1-2H3;1H/t16-;/m0./s1. The summed E-state index contributed by atoms with van der Waals surface area (Å²) in [6.45, 7) is 5.15. The highest BCUT2D eigenvalue weighted by Gasteiger charge is 2.20. The fourth-order valence-electron chi connectivity index (χ4n) is 2.92. The molecule has 2 nitrogen and oxygen atoms in total. The molecule has 1 aromatic rings. The molecule has 19 heavy (non-hydrogen) atoms. The van der Waals surface area contributed by atoms with Gasteiger partial charge >= 0.3 is 0 Å². The predicted molar refractivity (Wildman–Crippen MR) is 87.3 cm³/mol. The van der Waals surface area contributed by atoms with E-state index in [9.17, 15) is 5.11 Å². The Bertz CT molecular complexity index is 394. The first kappa shape index (κ1) is 16.5. The van der Waals surface area contributed by atoms with Gasteiger partial charge in [-0.1, -0.05) is 26.0 Å². The lowest BCUT2D eigenvalue weighted by molar-refractivity contribution is 0.164. The average molecular weight is 328 g/mol. The Morgan fingerprint density at radius 2 is 1.95 bits per heavy atom. The second kappa shape index (κ2) is 7.91. The molecule has 0 aromatic heterocycles. The van der Waals surface area contributed by atoms with Gasteiger partial charge in [-0.3, -0.25) is 0 Å². The van der Waals surface area contributed by atoms with Gasteiger partial charge in [-0.25, -0.2) is 0 Å². The van der Waals surface area contributed by atoms with Crippen molar-refractivity contribution in [3.63, 3.8) is 0 Å². The normalized spacial score (nSPS) is 15.3. The molecule has 0 radical (unpaired) electrons. The van der Waals surface area contributed by atoms with Crippen LogP contribution in [0.15, 0.2) is 18.2 Å². The first-order valence-electron chi connectivity index (χ1n) is 7.33. The van der Waals surface area contributed by atoms with Crippen LogP contribution in [0.1, 0.15) is 50.7 Å². The SMILES string of the molecule is Br.CCCN(c1cccc2c1CCCC2)[C@@H](O)CC. The molecular formula is C16H26BrNO. The highest BCUT2D eigenvalue weighted by molar-refractivity contribution is 8.93. The number of fused-ring (bicyclic) bond motifs is 1. The van der Waals surface area contributed by atoms with Crippen molar-refractivity contribution in [3.05, 3.63) is 29.3 Å². The maximum Gasteiger partial charge on any atom is 0.126 e. The van der Waals surface area contributed by atoms with Gasteiger partial charge in [0.1, 0.15) is 6.23 Å². The van der Waals surface area contributed by atoms with Crippen LogP contribution < -0.4 is 4.90 Å². The summed E-state index contributed by atoms with van der Waals surface area (Å²) in [5, 5.41) is 10.2. The fourth-order valence-corrected chi connectivity index (χ4v) is 2.92. The van der Waals surface area contributed by atoms with E-state index in [1.165, 1.54) is 42.5 Å². The number of benzene rings is 1. The molecular weight excluding hydrogens is 302 g/mol. The molecule has 108 valence electrons. The molecule has 0 spiro atoms. The Hall–Kier alpha value is -0.540. The first-order chi connectivity index (χ1) is 8.77. The van der Waals surface area contributed by atoms with Gasteiger partial charge in [-0.05, 0) is 55.7 Å². The summed E-state index contributed by atoms with van der Waals surface area (Å²) >= 11 is 0. The molecule has 0 fully saturated rings. The van der Waals surface area contributed by atoms with E-state index in [-0.39, 0.29) is 23.2 Å². The molecule has 1 N–H and O–H groups in total. The lowest BCUT2D eigenvalue weighted by atomic mass is 9.90. The van der Waals surface area contributed by atoms with Gasteiger partial charge in [0, 0.05) is 12.2 Å². The minimum Gasteiger partial charge on any atom is -0.374 e. The Morgan fingerprint density at radius 1 is 1.21 bits per heavy atom. The number of nitrogens with zero attached hydrogens (tertiary/aromatic N) is 1. The number of hydrogen-bond donors (Lipinski definition) is 1. The molecule has 2 rings (SSSR count). The predicted octanol–water partition coefficient (Wildman–Crippen LogP) is 4.09. The molecule has 0 saturated carbocycles. The van der Waals surface area contributed by atoms with Gasteiger partial charge in [-0.2, -0.15) is 0 Å². The molecule has 0 saturated heterocycles. The number of rotatable bonds is 5. The third-order valence-corrected chi connectivity index (χ3v) is 3.87. The van der Waals surface area contributed by atoms with E-state index >= 15 is 0 Å². The van der Waals surface area contributed by atoms with Crippen LogP contribution in [0.3, 0.4) is 0 Å². The van der Waals surface area contributed by atoms with E-state index in [4.69, 9.17) is 0 Å².